The molecule has 2 nitrogen and oxygen atoms in total. The highest BCUT2D eigenvalue weighted by Gasteiger charge is 2.06. The first kappa shape index (κ1) is 12.9. The van der Waals surface area contributed by atoms with E-state index >= 15 is 0 Å². The van der Waals surface area contributed by atoms with E-state index in [-0.39, 0.29) is 11.8 Å². The number of nitrogens with two attached hydrogens (primary N) is 1. The lowest BCUT2D eigenvalue weighted by Crippen LogP contribution is -2.25. The molecule has 0 bridgehead atoms. The molecule has 0 saturated heterocycles. The van der Waals surface area contributed by atoms with Gasteiger partial charge in [-0.05, 0) is 48.2 Å². The molecule has 2 aromatic carbocycles. The van der Waals surface area contributed by atoms with Gasteiger partial charge in [-0.3, -0.25) is 0 Å². The van der Waals surface area contributed by atoms with E-state index in [9.17, 15) is 5.11 Å². The van der Waals surface area contributed by atoms with E-state index in [0.717, 1.165) is 23.4 Å². The van der Waals surface area contributed by atoms with Gasteiger partial charge >= 0.3 is 0 Å². The zero-order chi connectivity index (χ0) is 13.0. The monoisotopic (exact) mass is 261 g/mol. The Balaban J connectivity index is 1.96. The van der Waals surface area contributed by atoms with Crippen LogP contribution in [-0.4, -0.2) is 11.1 Å². The molecule has 94 valence electrons. The first-order chi connectivity index (χ1) is 8.63. The normalized spacial score (nSPS) is 12.3. The summed E-state index contributed by atoms with van der Waals surface area (Å²) in [6, 6.07) is 15.0. The molecule has 0 spiro atoms. The highest BCUT2D eigenvalue weighted by Crippen LogP contribution is 2.15. The molecule has 0 radical (unpaired) electrons. The van der Waals surface area contributed by atoms with E-state index in [1.807, 2.05) is 36.4 Å². The maximum Gasteiger partial charge on any atom is 0.115 e. The number of benzene rings is 2. The molecule has 18 heavy (non-hydrogen) atoms. The number of rotatable bonds is 4. The Hall–Kier alpha value is -1.51. The lowest BCUT2D eigenvalue weighted by molar-refractivity contribution is 0.474. The van der Waals surface area contributed by atoms with Crippen LogP contribution in [0.2, 0.25) is 5.02 Å². The molecule has 1 atom stereocenters. The van der Waals surface area contributed by atoms with Gasteiger partial charge in [0.2, 0.25) is 0 Å². The lowest BCUT2D eigenvalue weighted by atomic mass is 10.00. The molecule has 2 rings (SSSR count). The summed E-state index contributed by atoms with van der Waals surface area (Å²) in [5.41, 5.74) is 8.34. The topological polar surface area (TPSA) is 46.2 Å². The number of phenols is 1. The summed E-state index contributed by atoms with van der Waals surface area (Å²) in [5.74, 6) is 0.284. The molecule has 0 fully saturated rings. The molecule has 0 aliphatic rings. The van der Waals surface area contributed by atoms with E-state index < -0.39 is 0 Å². The first-order valence-corrected chi connectivity index (χ1v) is 6.29. The third-order valence-corrected chi connectivity index (χ3v) is 3.07. The fraction of sp³-hybridized carbons (Fsp3) is 0.200. The summed E-state index contributed by atoms with van der Waals surface area (Å²) in [5, 5.41) is 10.1. The van der Waals surface area contributed by atoms with Crippen molar-refractivity contribution in [2.45, 2.75) is 18.9 Å². The third kappa shape index (κ3) is 3.76. The molecule has 0 amide bonds. The van der Waals surface area contributed by atoms with Crippen LogP contribution in [0, 0.1) is 0 Å². The van der Waals surface area contributed by atoms with Gasteiger partial charge in [0.1, 0.15) is 5.75 Å². The Labute approximate surface area is 112 Å². The van der Waals surface area contributed by atoms with Gasteiger partial charge in [-0.2, -0.15) is 0 Å². The minimum atomic E-state index is 0.0352. The molecule has 0 saturated carbocycles. The standard InChI is InChI=1S/C15H16ClNO/c16-13-6-4-11(5-7-13)8-14(17)9-12-2-1-3-15(18)10-12/h1-7,10,14,18H,8-9,17H2. The highest BCUT2D eigenvalue weighted by atomic mass is 35.5. The second-order valence-electron chi connectivity index (χ2n) is 4.46. The lowest BCUT2D eigenvalue weighted by Gasteiger charge is -2.12. The van der Waals surface area contributed by atoms with Crippen LogP contribution in [0.15, 0.2) is 48.5 Å². The molecule has 0 aliphatic carbocycles. The Morgan fingerprint density at radius 2 is 1.67 bits per heavy atom. The van der Waals surface area contributed by atoms with Gasteiger partial charge in [0.15, 0.2) is 0 Å². The molecule has 1 unspecified atom stereocenters. The quantitative estimate of drug-likeness (QED) is 0.888. The van der Waals surface area contributed by atoms with Crippen molar-refractivity contribution in [1.29, 1.82) is 0 Å². The molecule has 3 N–H and O–H groups in total. The van der Waals surface area contributed by atoms with Crippen molar-refractivity contribution in [2.24, 2.45) is 5.73 Å². The van der Waals surface area contributed by atoms with Crippen molar-refractivity contribution < 1.29 is 5.11 Å². The fourth-order valence-electron chi connectivity index (χ4n) is 1.98. The van der Waals surface area contributed by atoms with Crippen LogP contribution in [0.25, 0.3) is 0 Å². The maximum absolute atomic E-state index is 9.39. The predicted molar refractivity (Wildman–Crippen MR) is 74.9 cm³/mol. The fourth-order valence-corrected chi connectivity index (χ4v) is 2.11. The molecule has 0 aromatic heterocycles. The van der Waals surface area contributed by atoms with Crippen molar-refractivity contribution in [2.75, 3.05) is 0 Å². The minimum Gasteiger partial charge on any atom is -0.508 e. The van der Waals surface area contributed by atoms with E-state index in [4.69, 9.17) is 17.3 Å². The van der Waals surface area contributed by atoms with Gasteiger partial charge in [0.05, 0.1) is 0 Å². The Kier molecular flexibility index (Phi) is 4.24. The highest BCUT2D eigenvalue weighted by molar-refractivity contribution is 6.30. The summed E-state index contributed by atoms with van der Waals surface area (Å²) in [6.07, 6.45) is 1.55. The van der Waals surface area contributed by atoms with Gasteiger partial charge in [-0.1, -0.05) is 35.9 Å². The van der Waals surface area contributed by atoms with Crippen molar-refractivity contribution in [1.82, 2.24) is 0 Å². The Bertz CT molecular complexity index is 510. The van der Waals surface area contributed by atoms with Crippen LogP contribution < -0.4 is 5.73 Å². The first-order valence-electron chi connectivity index (χ1n) is 5.91. The predicted octanol–water partition coefficient (Wildman–Crippen LogP) is 3.16. The van der Waals surface area contributed by atoms with Crippen molar-refractivity contribution in [3.63, 3.8) is 0 Å². The maximum atomic E-state index is 9.39. The van der Waals surface area contributed by atoms with Crippen LogP contribution in [-0.2, 0) is 12.8 Å². The van der Waals surface area contributed by atoms with Gasteiger partial charge in [-0.25, -0.2) is 0 Å². The number of halogens is 1. The van der Waals surface area contributed by atoms with Crippen LogP contribution >= 0.6 is 11.6 Å². The molecule has 3 heteroatoms. The number of hydrogen-bond donors (Lipinski definition) is 2. The average Bonchev–Trinajstić information content (AvgIpc) is 2.32. The van der Waals surface area contributed by atoms with Crippen molar-refractivity contribution in [3.05, 3.63) is 64.7 Å². The molecule has 0 heterocycles. The van der Waals surface area contributed by atoms with E-state index in [1.54, 1.807) is 12.1 Å². The SMILES string of the molecule is NC(Cc1ccc(Cl)cc1)Cc1cccc(O)c1. The summed E-state index contributed by atoms with van der Waals surface area (Å²) in [4.78, 5) is 0. The van der Waals surface area contributed by atoms with Gasteiger partial charge in [-0.15, -0.1) is 0 Å². The Morgan fingerprint density at radius 3 is 2.33 bits per heavy atom. The number of phenolic OH excluding ortho intramolecular Hbond substituents is 1. The van der Waals surface area contributed by atoms with Gasteiger partial charge < -0.3 is 10.8 Å². The smallest absolute Gasteiger partial charge is 0.115 e. The summed E-state index contributed by atoms with van der Waals surface area (Å²) in [7, 11) is 0. The van der Waals surface area contributed by atoms with Crippen LogP contribution in [0.5, 0.6) is 5.75 Å². The molecule has 2 aromatic rings. The van der Waals surface area contributed by atoms with E-state index in [1.165, 1.54) is 5.56 Å². The number of aromatic hydroxyl groups is 1. The molecule has 0 aliphatic heterocycles. The van der Waals surface area contributed by atoms with Crippen molar-refractivity contribution in [3.8, 4) is 5.75 Å². The van der Waals surface area contributed by atoms with Crippen LogP contribution in [0.3, 0.4) is 0 Å². The van der Waals surface area contributed by atoms with Crippen LogP contribution in [0.4, 0.5) is 0 Å². The third-order valence-electron chi connectivity index (χ3n) is 2.82. The largest absolute Gasteiger partial charge is 0.508 e. The molecular weight excluding hydrogens is 246 g/mol. The number of hydrogen-bond acceptors (Lipinski definition) is 2. The molecular formula is C15H16ClNO. The van der Waals surface area contributed by atoms with E-state index in [0.29, 0.717) is 0 Å². The summed E-state index contributed by atoms with van der Waals surface area (Å²) in [6.45, 7) is 0. The van der Waals surface area contributed by atoms with Crippen molar-refractivity contribution >= 4 is 11.6 Å². The van der Waals surface area contributed by atoms with Crippen LogP contribution in [0.1, 0.15) is 11.1 Å². The zero-order valence-corrected chi connectivity index (χ0v) is 10.8. The second kappa shape index (κ2) is 5.89. The van der Waals surface area contributed by atoms with Gasteiger partial charge in [0.25, 0.3) is 0 Å². The minimum absolute atomic E-state index is 0.0352. The second-order valence-corrected chi connectivity index (χ2v) is 4.90. The van der Waals surface area contributed by atoms with E-state index in [2.05, 4.69) is 0 Å². The van der Waals surface area contributed by atoms with Gasteiger partial charge in [0, 0.05) is 11.1 Å². The summed E-state index contributed by atoms with van der Waals surface area (Å²) >= 11 is 5.84. The summed E-state index contributed by atoms with van der Waals surface area (Å²) < 4.78 is 0. The average molecular weight is 262 g/mol. The Morgan fingerprint density at radius 1 is 1.00 bits per heavy atom. The zero-order valence-electron chi connectivity index (χ0n) is 10.0.